The highest BCUT2D eigenvalue weighted by molar-refractivity contribution is 9.10. The van der Waals surface area contributed by atoms with E-state index in [1.54, 1.807) is 0 Å². The van der Waals surface area contributed by atoms with Gasteiger partial charge in [-0.3, -0.25) is 4.90 Å². The van der Waals surface area contributed by atoms with Crippen molar-refractivity contribution in [2.24, 2.45) is 0 Å². The first-order valence-corrected chi connectivity index (χ1v) is 6.38. The lowest BCUT2D eigenvalue weighted by Crippen LogP contribution is -2.38. The van der Waals surface area contributed by atoms with Crippen molar-refractivity contribution in [1.29, 1.82) is 0 Å². The van der Waals surface area contributed by atoms with Crippen LogP contribution in [0.3, 0.4) is 0 Å². The lowest BCUT2D eigenvalue weighted by Gasteiger charge is -2.37. The maximum absolute atomic E-state index is 3.50. The van der Waals surface area contributed by atoms with Crippen molar-refractivity contribution in [3.8, 4) is 0 Å². The molecule has 1 fully saturated rings. The Balaban J connectivity index is 2.36. The molecule has 1 saturated carbocycles. The molecule has 0 aliphatic heterocycles. The standard InChI is InChI=1S/C13H18BrN/c1-15(2)13(9-3-4-10-13)11-5-7-12(14)8-6-11/h5-8H,3-4,9-10H2,1-2H3. The number of hydrogen-bond acceptors (Lipinski definition) is 1. The van der Waals surface area contributed by atoms with Gasteiger partial charge in [0.15, 0.2) is 0 Å². The molecular weight excluding hydrogens is 250 g/mol. The second-order valence-electron chi connectivity index (χ2n) is 4.64. The lowest BCUT2D eigenvalue weighted by molar-refractivity contribution is 0.158. The van der Waals surface area contributed by atoms with Gasteiger partial charge in [-0.25, -0.2) is 0 Å². The Morgan fingerprint density at radius 2 is 1.60 bits per heavy atom. The van der Waals surface area contributed by atoms with Crippen molar-refractivity contribution in [1.82, 2.24) is 4.90 Å². The van der Waals surface area contributed by atoms with E-state index in [2.05, 4.69) is 59.2 Å². The zero-order chi connectivity index (χ0) is 10.9. The molecule has 0 bridgehead atoms. The Bertz CT molecular complexity index is 323. The highest BCUT2D eigenvalue weighted by atomic mass is 79.9. The van der Waals surface area contributed by atoms with E-state index in [1.165, 1.54) is 31.2 Å². The van der Waals surface area contributed by atoms with E-state index in [0.29, 0.717) is 5.54 Å². The van der Waals surface area contributed by atoms with Crippen LogP contribution in [0.1, 0.15) is 31.2 Å². The third-order valence-electron chi connectivity index (χ3n) is 3.67. The quantitative estimate of drug-likeness (QED) is 0.789. The normalized spacial score (nSPS) is 19.7. The molecule has 1 aliphatic carbocycles. The van der Waals surface area contributed by atoms with Gasteiger partial charge in [0.05, 0.1) is 0 Å². The molecule has 1 aromatic carbocycles. The van der Waals surface area contributed by atoms with E-state index in [0.717, 1.165) is 4.47 Å². The average molecular weight is 268 g/mol. The zero-order valence-electron chi connectivity index (χ0n) is 9.46. The van der Waals surface area contributed by atoms with Crippen molar-refractivity contribution in [2.45, 2.75) is 31.2 Å². The van der Waals surface area contributed by atoms with Crippen LogP contribution < -0.4 is 0 Å². The molecule has 15 heavy (non-hydrogen) atoms. The van der Waals surface area contributed by atoms with Gasteiger partial charge in [0.25, 0.3) is 0 Å². The van der Waals surface area contributed by atoms with Gasteiger partial charge in [-0.1, -0.05) is 40.9 Å². The van der Waals surface area contributed by atoms with Crippen molar-refractivity contribution in [2.75, 3.05) is 14.1 Å². The summed E-state index contributed by atoms with van der Waals surface area (Å²) >= 11 is 3.50. The minimum absolute atomic E-state index is 0.292. The van der Waals surface area contributed by atoms with Gasteiger partial charge in [0.1, 0.15) is 0 Å². The first-order valence-electron chi connectivity index (χ1n) is 5.59. The molecule has 1 aliphatic rings. The molecule has 1 aromatic rings. The molecule has 0 aromatic heterocycles. The molecule has 0 radical (unpaired) electrons. The van der Waals surface area contributed by atoms with E-state index in [4.69, 9.17) is 0 Å². The van der Waals surface area contributed by atoms with Crippen LogP contribution in [0.25, 0.3) is 0 Å². The monoisotopic (exact) mass is 267 g/mol. The summed E-state index contributed by atoms with van der Waals surface area (Å²) in [6, 6.07) is 8.82. The Hall–Kier alpha value is -0.340. The van der Waals surface area contributed by atoms with Gasteiger partial charge in [0.2, 0.25) is 0 Å². The number of halogens is 1. The summed E-state index contributed by atoms with van der Waals surface area (Å²) in [6.07, 6.45) is 5.30. The van der Waals surface area contributed by atoms with E-state index < -0.39 is 0 Å². The highest BCUT2D eigenvalue weighted by Crippen LogP contribution is 2.42. The molecular formula is C13H18BrN. The Morgan fingerprint density at radius 1 is 1.07 bits per heavy atom. The van der Waals surface area contributed by atoms with Gasteiger partial charge in [-0.2, -0.15) is 0 Å². The minimum atomic E-state index is 0.292. The van der Waals surface area contributed by atoms with Gasteiger partial charge in [-0.15, -0.1) is 0 Å². The Labute approximate surface area is 101 Å². The summed E-state index contributed by atoms with van der Waals surface area (Å²) in [4.78, 5) is 2.39. The molecule has 0 N–H and O–H groups in total. The molecule has 0 unspecified atom stereocenters. The van der Waals surface area contributed by atoms with Crippen LogP contribution >= 0.6 is 15.9 Å². The maximum Gasteiger partial charge on any atom is 0.0454 e. The Morgan fingerprint density at radius 3 is 2.07 bits per heavy atom. The predicted octanol–water partition coefficient (Wildman–Crippen LogP) is 3.78. The first kappa shape index (κ1) is 11.2. The predicted molar refractivity (Wildman–Crippen MR) is 68.0 cm³/mol. The van der Waals surface area contributed by atoms with E-state index in [-0.39, 0.29) is 0 Å². The van der Waals surface area contributed by atoms with Crippen LogP contribution in [0.2, 0.25) is 0 Å². The minimum Gasteiger partial charge on any atom is -0.300 e. The van der Waals surface area contributed by atoms with Crippen molar-refractivity contribution >= 4 is 15.9 Å². The molecule has 1 nitrogen and oxygen atoms in total. The van der Waals surface area contributed by atoms with Gasteiger partial charge in [-0.05, 0) is 44.6 Å². The molecule has 2 rings (SSSR count). The van der Waals surface area contributed by atoms with Crippen molar-refractivity contribution in [3.05, 3.63) is 34.3 Å². The largest absolute Gasteiger partial charge is 0.300 e. The third-order valence-corrected chi connectivity index (χ3v) is 4.20. The first-order chi connectivity index (χ1) is 7.15. The fourth-order valence-electron chi connectivity index (χ4n) is 2.71. The van der Waals surface area contributed by atoms with E-state index >= 15 is 0 Å². The summed E-state index contributed by atoms with van der Waals surface area (Å²) in [5.41, 5.74) is 1.76. The molecule has 0 amide bonds. The third kappa shape index (κ3) is 1.98. The van der Waals surface area contributed by atoms with Gasteiger partial charge < -0.3 is 0 Å². The second-order valence-corrected chi connectivity index (χ2v) is 5.56. The van der Waals surface area contributed by atoms with Crippen LogP contribution in [-0.4, -0.2) is 19.0 Å². The van der Waals surface area contributed by atoms with E-state index in [1.807, 2.05) is 0 Å². The highest BCUT2D eigenvalue weighted by Gasteiger charge is 2.37. The van der Waals surface area contributed by atoms with Crippen LogP contribution in [0.5, 0.6) is 0 Å². The molecule has 0 atom stereocenters. The summed E-state index contributed by atoms with van der Waals surface area (Å²) < 4.78 is 1.16. The smallest absolute Gasteiger partial charge is 0.0454 e. The Kier molecular flexibility index (Phi) is 3.17. The van der Waals surface area contributed by atoms with Gasteiger partial charge >= 0.3 is 0 Å². The fraction of sp³-hybridized carbons (Fsp3) is 0.538. The topological polar surface area (TPSA) is 3.24 Å². The summed E-state index contributed by atoms with van der Waals surface area (Å²) in [5.74, 6) is 0. The number of hydrogen-bond donors (Lipinski definition) is 0. The summed E-state index contributed by atoms with van der Waals surface area (Å²) in [7, 11) is 4.40. The zero-order valence-corrected chi connectivity index (χ0v) is 11.0. The molecule has 0 heterocycles. The van der Waals surface area contributed by atoms with Crippen molar-refractivity contribution < 1.29 is 0 Å². The fourth-order valence-corrected chi connectivity index (χ4v) is 2.98. The van der Waals surface area contributed by atoms with Crippen LogP contribution in [0.15, 0.2) is 28.7 Å². The van der Waals surface area contributed by atoms with Crippen LogP contribution in [0, 0.1) is 0 Å². The number of rotatable bonds is 2. The molecule has 0 saturated heterocycles. The summed E-state index contributed by atoms with van der Waals surface area (Å²) in [6.45, 7) is 0. The van der Waals surface area contributed by atoms with Crippen molar-refractivity contribution in [3.63, 3.8) is 0 Å². The van der Waals surface area contributed by atoms with Crippen LogP contribution in [-0.2, 0) is 5.54 Å². The number of benzene rings is 1. The van der Waals surface area contributed by atoms with Crippen LogP contribution in [0.4, 0.5) is 0 Å². The molecule has 2 heteroatoms. The average Bonchev–Trinajstić information content (AvgIpc) is 2.69. The van der Waals surface area contributed by atoms with E-state index in [9.17, 15) is 0 Å². The SMILES string of the molecule is CN(C)C1(c2ccc(Br)cc2)CCCC1. The van der Waals surface area contributed by atoms with Gasteiger partial charge in [0, 0.05) is 10.0 Å². The lowest BCUT2D eigenvalue weighted by atomic mass is 9.87. The number of nitrogens with zero attached hydrogens (tertiary/aromatic N) is 1. The molecule has 0 spiro atoms. The second kappa shape index (κ2) is 4.26. The molecule has 82 valence electrons. The summed E-state index contributed by atoms with van der Waals surface area (Å²) in [5, 5.41) is 0. The maximum atomic E-state index is 3.50.